The van der Waals surface area contributed by atoms with E-state index in [2.05, 4.69) is 15.2 Å². The lowest BCUT2D eigenvalue weighted by Crippen LogP contribution is -2.53. The average Bonchev–Trinajstić information content (AvgIpc) is 3.76. The summed E-state index contributed by atoms with van der Waals surface area (Å²) in [5.74, 6) is -1.60. The number of aliphatic imine (C=N–C) groups is 1. The summed E-state index contributed by atoms with van der Waals surface area (Å²) in [6, 6.07) is 17.3. The number of amides is 2. The lowest BCUT2D eigenvalue weighted by atomic mass is 9.95. The fraction of sp³-hybridized carbons (Fsp3) is 0.229. The highest BCUT2D eigenvalue weighted by atomic mass is 35.5. The number of aromatic nitrogens is 1. The smallest absolute Gasteiger partial charge is 0.338 e. The van der Waals surface area contributed by atoms with Crippen LogP contribution in [-0.4, -0.2) is 89.6 Å². The molecule has 7 rings (SSSR count). The van der Waals surface area contributed by atoms with Crippen LogP contribution in [0, 0.1) is 5.82 Å². The number of nitrogens with zero attached hydrogens (tertiary/aromatic N) is 5. The van der Waals surface area contributed by atoms with Crippen molar-refractivity contribution in [2.24, 2.45) is 4.99 Å². The number of carboxylic acid groups (broad SMARTS) is 1. The molecule has 3 aliphatic heterocycles. The number of ether oxygens (including phenoxy) is 1. The molecule has 3 aromatic carbocycles. The van der Waals surface area contributed by atoms with Crippen LogP contribution in [-0.2, 0) is 9.53 Å². The van der Waals surface area contributed by atoms with Crippen LogP contribution in [0.2, 0.25) is 5.02 Å². The second-order valence-corrected chi connectivity index (χ2v) is 13.1. The summed E-state index contributed by atoms with van der Waals surface area (Å²) < 4.78 is 19.2. The second kappa shape index (κ2) is 13.4. The minimum atomic E-state index is -0.978. The Balaban J connectivity index is 1.11. The number of carboxylic acids is 1. The number of methoxy groups -OCH3 is 1. The molecule has 2 fully saturated rings. The standard InChI is InChI=1S/C35H30ClFN6O5S/c1-48-34(46)29-28(39-31(32-38-12-15-49-32)40-30(29)26-11-8-23(37)16-27(26)36)19-41-13-14-42-25(17-41)18-43(35(42)47)24-9-6-21(7-10-24)20-2-4-22(5-3-20)33(44)45/h2-12,15-16,25,30H,13-14,17-19H2,1H3,(H,39,40)(H,44,45)/t25-,30-/m0/s1. The van der Waals surface area contributed by atoms with Crippen LogP contribution in [0.15, 0.2) is 94.6 Å². The molecule has 0 saturated carbocycles. The first-order valence-corrected chi connectivity index (χ1v) is 16.7. The fourth-order valence-electron chi connectivity index (χ4n) is 6.46. The number of thiazole rings is 1. The topological polar surface area (TPSA) is 128 Å². The van der Waals surface area contributed by atoms with Gasteiger partial charge >= 0.3 is 18.0 Å². The lowest BCUT2D eigenvalue weighted by Gasteiger charge is -2.38. The number of esters is 1. The van der Waals surface area contributed by atoms with E-state index in [0.717, 1.165) is 16.8 Å². The molecule has 250 valence electrons. The van der Waals surface area contributed by atoms with Crippen molar-refractivity contribution in [1.29, 1.82) is 0 Å². The SMILES string of the molecule is COC(=O)C1=C(CN2CCN3C(=O)N(c4ccc(-c5ccc(C(=O)O)cc5)cc4)C[C@@H]3C2)NC(c2nccs2)=N[C@H]1c1ccc(F)cc1Cl. The highest BCUT2D eigenvalue weighted by Crippen LogP contribution is 2.37. The van der Waals surface area contributed by atoms with Gasteiger partial charge in [-0.05, 0) is 47.5 Å². The van der Waals surface area contributed by atoms with Gasteiger partial charge in [-0.1, -0.05) is 41.9 Å². The zero-order valence-corrected chi connectivity index (χ0v) is 27.7. The summed E-state index contributed by atoms with van der Waals surface area (Å²) in [4.78, 5) is 53.1. The van der Waals surface area contributed by atoms with E-state index >= 15 is 0 Å². The van der Waals surface area contributed by atoms with Gasteiger partial charge in [-0.15, -0.1) is 11.3 Å². The molecular formula is C35H30ClFN6O5S. The number of anilines is 1. The Hall–Kier alpha value is -5.11. The molecule has 4 aromatic rings. The molecular weight excluding hydrogens is 671 g/mol. The van der Waals surface area contributed by atoms with Crippen LogP contribution in [0.25, 0.3) is 11.1 Å². The molecule has 3 aliphatic rings. The third kappa shape index (κ3) is 6.40. The van der Waals surface area contributed by atoms with Crippen molar-refractivity contribution in [3.8, 4) is 11.1 Å². The lowest BCUT2D eigenvalue weighted by molar-refractivity contribution is -0.136. The molecule has 49 heavy (non-hydrogen) atoms. The number of hydrogen-bond acceptors (Lipinski definition) is 9. The molecule has 1 aromatic heterocycles. The Labute approximate surface area is 289 Å². The molecule has 0 unspecified atom stereocenters. The van der Waals surface area contributed by atoms with E-state index < -0.39 is 23.8 Å². The van der Waals surface area contributed by atoms with Crippen molar-refractivity contribution >= 4 is 52.4 Å². The molecule has 0 aliphatic carbocycles. The van der Waals surface area contributed by atoms with Crippen LogP contribution in [0.4, 0.5) is 14.9 Å². The number of benzene rings is 3. The third-order valence-electron chi connectivity index (χ3n) is 8.89. The normalized spacial score (nSPS) is 19.4. The van der Waals surface area contributed by atoms with Crippen molar-refractivity contribution in [2.45, 2.75) is 12.1 Å². The summed E-state index contributed by atoms with van der Waals surface area (Å²) in [6.45, 7) is 2.43. The van der Waals surface area contributed by atoms with Crippen molar-refractivity contribution in [3.63, 3.8) is 0 Å². The highest BCUT2D eigenvalue weighted by Gasteiger charge is 2.42. The molecule has 11 nitrogen and oxygen atoms in total. The summed E-state index contributed by atoms with van der Waals surface area (Å²) in [6.07, 6.45) is 1.66. The highest BCUT2D eigenvalue weighted by molar-refractivity contribution is 7.11. The van der Waals surface area contributed by atoms with E-state index in [-0.39, 0.29) is 28.2 Å². The third-order valence-corrected chi connectivity index (χ3v) is 9.99. The van der Waals surface area contributed by atoms with Crippen LogP contribution >= 0.6 is 22.9 Å². The van der Waals surface area contributed by atoms with Gasteiger partial charge in [-0.25, -0.2) is 23.8 Å². The van der Waals surface area contributed by atoms with Crippen LogP contribution in [0.3, 0.4) is 0 Å². The Morgan fingerprint density at radius 2 is 1.80 bits per heavy atom. The van der Waals surface area contributed by atoms with E-state index in [1.54, 1.807) is 35.4 Å². The van der Waals surface area contributed by atoms with Crippen molar-refractivity contribution in [3.05, 3.63) is 117 Å². The Morgan fingerprint density at radius 3 is 2.45 bits per heavy atom. The van der Waals surface area contributed by atoms with Crippen LogP contribution in [0.5, 0.6) is 0 Å². The van der Waals surface area contributed by atoms with Gasteiger partial charge in [0, 0.05) is 66.3 Å². The molecule has 0 spiro atoms. The first-order chi connectivity index (χ1) is 23.7. The maximum absolute atomic E-state index is 14.0. The van der Waals surface area contributed by atoms with Gasteiger partial charge in [0.05, 0.1) is 24.3 Å². The zero-order chi connectivity index (χ0) is 34.2. The number of amidine groups is 1. The van der Waals surface area contributed by atoms with Crippen molar-refractivity contribution in [2.75, 3.05) is 44.7 Å². The molecule has 2 atom stereocenters. The number of rotatable bonds is 8. The second-order valence-electron chi connectivity index (χ2n) is 11.8. The fourth-order valence-corrected chi connectivity index (χ4v) is 7.32. The predicted molar refractivity (Wildman–Crippen MR) is 183 cm³/mol. The quantitative estimate of drug-likeness (QED) is 0.233. The number of fused-ring (bicyclic) bond motifs is 1. The summed E-state index contributed by atoms with van der Waals surface area (Å²) in [7, 11) is 1.30. The predicted octanol–water partition coefficient (Wildman–Crippen LogP) is 5.45. The molecule has 0 bridgehead atoms. The number of nitrogens with one attached hydrogen (secondary N) is 1. The first-order valence-electron chi connectivity index (χ1n) is 15.5. The number of piperazine rings is 1. The molecule has 0 radical (unpaired) electrons. The van der Waals surface area contributed by atoms with Gasteiger partial charge in [0.2, 0.25) is 0 Å². The molecule has 2 saturated heterocycles. The van der Waals surface area contributed by atoms with Gasteiger partial charge in [0.1, 0.15) is 11.9 Å². The minimum Gasteiger partial charge on any atom is -0.478 e. The maximum Gasteiger partial charge on any atom is 0.338 e. The number of carbonyl (C=O) groups excluding carboxylic acids is 2. The van der Waals surface area contributed by atoms with Gasteiger partial charge in [-0.3, -0.25) is 14.8 Å². The number of carbonyl (C=O) groups is 3. The Morgan fingerprint density at radius 1 is 1.06 bits per heavy atom. The van der Waals surface area contributed by atoms with E-state index in [0.29, 0.717) is 54.8 Å². The number of aromatic carboxylic acids is 1. The van der Waals surface area contributed by atoms with E-state index in [4.69, 9.17) is 21.3 Å². The summed E-state index contributed by atoms with van der Waals surface area (Å²) in [5, 5.41) is 15.1. The molecule has 2 N–H and O–H groups in total. The summed E-state index contributed by atoms with van der Waals surface area (Å²) in [5.41, 5.74) is 4.06. The van der Waals surface area contributed by atoms with Gasteiger partial charge in [0.25, 0.3) is 0 Å². The zero-order valence-electron chi connectivity index (χ0n) is 26.2. The van der Waals surface area contributed by atoms with Gasteiger partial charge < -0.3 is 20.1 Å². The number of urea groups is 1. The van der Waals surface area contributed by atoms with Crippen molar-refractivity contribution in [1.82, 2.24) is 20.1 Å². The molecule has 2 amide bonds. The Kier molecular flexibility index (Phi) is 8.88. The van der Waals surface area contributed by atoms with Crippen LogP contribution < -0.4 is 10.2 Å². The Bertz CT molecular complexity index is 1990. The van der Waals surface area contributed by atoms with Gasteiger partial charge in [0.15, 0.2) is 10.8 Å². The van der Waals surface area contributed by atoms with E-state index in [9.17, 15) is 23.9 Å². The van der Waals surface area contributed by atoms with Crippen molar-refractivity contribution < 1.29 is 28.6 Å². The van der Waals surface area contributed by atoms with Crippen LogP contribution in [0.1, 0.15) is 27.0 Å². The monoisotopic (exact) mass is 700 g/mol. The molecule has 14 heteroatoms. The first kappa shape index (κ1) is 32.4. The number of hydrogen-bond donors (Lipinski definition) is 2. The summed E-state index contributed by atoms with van der Waals surface area (Å²) >= 11 is 7.88. The van der Waals surface area contributed by atoms with E-state index in [1.165, 1.54) is 36.6 Å². The van der Waals surface area contributed by atoms with Gasteiger partial charge in [-0.2, -0.15) is 0 Å². The largest absolute Gasteiger partial charge is 0.478 e. The minimum absolute atomic E-state index is 0.0716. The molecule has 4 heterocycles. The van der Waals surface area contributed by atoms with E-state index in [1.807, 2.05) is 34.5 Å². The average molecular weight is 701 g/mol. The maximum atomic E-state index is 14.0. The number of halogens is 2.